The number of pyridine rings is 1. The number of nitrogens with one attached hydrogen (secondary N) is 1. The lowest BCUT2D eigenvalue weighted by Gasteiger charge is -2.11. The van der Waals surface area contributed by atoms with E-state index >= 15 is 0 Å². The molecule has 3 heteroatoms. The minimum atomic E-state index is 0.683. The van der Waals surface area contributed by atoms with E-state index in [2.05, 4.69) is 41.7 Å². The molecule has 27 heavy (non-hydrogen) atoms. The highest BCUT2D eigenvalue weighted by Gasteiger charge is 2.08. The second kappa shape index (κ2) is 7.67. The predicted molar refractivity (Wildman–Crippen MR) is 110 cm³/mol. The minimum absolute atomic E-state index is 0.683. The van der Waals surface area contributed by atoms with Crippen molar-refractivity contribution in [3.05, 3.63) is 97.1 Å². The smallest absolute Gasteiger partial charge is 0.211 e. The number of carbonyl (C=O) groups excluding carboxylic acids is 1. The van der Waals surface area contributed by atoms with E-state index in [1.807, 2.05) is 60.7 Å². The molecule has 3 nitrogen and oxygen atoms in total. The van der Waals surface area contributed by atoms with Gasteiger partial charge in [0, 0.05) is 16.8 Å². The fourth-order valence-electron chi connectivity index (χ4n) is 3.04. The van der Waals surface area contributed by atoms with Gasteiger partial charge in [-0.1, -0.05) is 72.8 Å². The molecule has 0 saturated heterocycles. The summed E-state index contributed by atoms with van der Waals surface area (Å²) in [6.07, 6.45) is 0.683. The molecule has 0 unspecified atom stereocenters. The van der Waals surface area contributed by atoms with Crippen LogP contribution in [-0.2, 0) is 4.79 Å². The van der Waals surface area contributed by atoms with Gasteiger partial charge in [0.25, 0.3) is 0 Å². The maximum atomic E-state index is 10.6. The molecular formula is C24H18N2O. The van der Waals surface area contributed by atoms with Gasteiger partial charge in [-0.2, -0.15) is 0 Å². The van der Waals surface area contributed by atoms with Crippen LogP contribution >= 0.6 is 0 Å². The third-order valence-electron chi connectivity index (χ3n) is 4.41. The van der Waals surface area contributed by atoms with Crippen LogP contribution < -0.4 is 5.32 Å². The molecule has 0 atom stereocenters. The summed E-state index contributed by atoms with van der Waals surface area (Å²) >= 11 is 0. The molecule has 0 spiro atoms. The number of anilines is 1. The molecule has 4 rings (SSSR count). The van der Waals surface area contributed by atoms with Crippen molar-refractivity contribution < 1.29 is 4.79 Å². The Morgan fingerprint density at radius 3 is 1.59 bits per heavy atom. The third-order valence-corrected chi connectivity index (χ3v) is 4.41. The van der Waals surface area contributed by atoms with Crippen molar-refractivity contribution in [3.8, 4) is 33.6 Å². The van der Waals surface area contributed by atoms with Crippen LogP contribution in [0.1, 0.15) is 0 Å². The van der Waals surface area contributed by atoms with E-state index in [-0.39, 0.29) is 0 Å². The quantitative estimate of drug-likeness (QED) is 0.473. The summed E-state index contributed by atoms with van der Waals surface area (Å²) in [7, 11) is 0. The molecule has 1 N–H and O–H groups in total. The first-order valence-electron chi connectivity index (χ1n) is 8.77. The lowest BCUT2D eigenvalue weighted by Crippen LogP contribution is -1.93. The Hall–Kier alpha value is -3.72. The van der Waals surface area contributed by atoms with Gasteiger partial charge < -0.3 is 5.32 Å². The predicted octanol–water partition coefficient (Wildman–Crippen LogP) is 5.65. The normalized spacial score (nSPS) is 10.4. The molecule has 0 aliphatic heterocycles. The highest BCUT2D eigenvalue weighted by molar-refractivity contribution is 5.78. The Morgan fingerprint density at radius 2 is 1.11 bits per heavy atom. The summed E-state index contributed by atoms with van der Waals surface area (Å²) in [6, 6.07) is 32.4. The number of nitrogens with zero attached hydrogens (tertiary/aromatic N) is 1. The van der Waals surface area contributed by atoms with Crippen molar-refractivity contribution in [2.75, 3.05) is 5.32 Å². The summed E-state index contributed by atoms with van der Waals surface area (Å²) in [4.78, 5) is 15.5. The SMILES string of the molecule is O=CNc1ccc(-c2cc(-c3ccccc3)nc(-c3ccccc3)c2)cc1. The fraction of sp³-hybridized carbons (Fsp3) is 0. The second-order valence-electron chi connectivity index (χ2n) is 6.20. The van der Waals surface area contributed by atoms with Crippen LogP contribution in [0.5, 0.6) is 0 Å². The molecule has 1 aromatic heterocycles. The summed E-state index contributed by atoms with van der Waals surface area (Å²) in [5.41, 5.74) is 6.95. The van der Waals surface area contributed by atoms with E-state index in [1.54, 1.807) is 0 Å². The van der Waals surface area contributed by atoms with Crippen LogP contribution in [0, 0.1) is 0 Å². The molecular weight excluding hydrogens is 332 g/mol. The van der Waals surface area contributed by atoms with Crippen LogP contribution in [0.15, 0.2) is 97.1 Å². The largest absolute Gasteiger partial charge is 0.329 e. The van der Waals surface area contributed by atoms with Gasteiger partial charge in [0.2, 0.25) is 6.41 Å². The average Bonchev–Trinajstić information content (AvgIpc) is 2.75. The van der Waals surface area contributed by atoms with E-state index in [1.165, 1.54) is 0 Å². The molecule has 0 saturated carbocycles. The van der Waals surface area contributed by atoms with Crippen LogP contribution in [0.2, 0.25) is 0 Å². The van der Waals surface area contributed by atoms with Crippen molar-refractivity contribution in [2.45, 2.75) is 0 Å². The van der Waals surface area contributed by atoms with Crippen LogP contribution in [0.25, 0.3) is 33.6 Å². The van der Waals surface area contributed by atoms with Crippen LogP contribution in [0.3, 0.4) is 0 Å². The molecule has 4 aromatic rings. The fourth-order valence-corrected chi connectivity index (χ4v) is 3.04. The molecule has 130 valence electrons. The topological polar surface area (TPSA) is 42.0 Å². The average molecular weight is 350 g/mol. The number of aromatic nitrogens is 1. The van der Waals surface area contributed by atoms with E-state index in [0.717, 1.165) is 39.3 Å². The monoisotopic (exact) mass is 350 g/mol. The number of rotatable bonds is 5. The molecule has 0 aliphatic rings. The number of benzene rings is 3. The van der Waals surface area contributed by atoms with Crippen molar-refractivity contribution >= 4 is 12.1 Å². The van der Waals surface area contributed by atoms with Gasteiger partial charge in [-0.25, -0.2) is 4.98 Å². The summed E-state index contributed by atoms with van der Waals surface area (Å²) in [6.45, 7) is 0. The number of hydrogen-bond donors (Lipinski definition) is 1. The Morgan fingerprint density at radius 1 is 0.593 bits per heavy atom. The Kier molecular flexibility index (Phi) is 4.75. The zero-order chi connectivity index (χ0) is 18.5. The van der Waals surface area contributed by atoms with Crippen LogP contribution in [-0.4, -0.2) is 11.4 Å². The highest BCUT2D eigenvalue weighted by Crippen LogP contribution is 2.30. The van der Waals surface area contributed by atoms with Crippen molar-refractivity contribution in [3.63, 3.8) is 0 Å². The van der Waals surface area contributed by atoms with Crippen molar-refractivity contribution in [2.24, 2.45) is 0 Å². The molecule has 0 fully saturated rings. The van der Waals surface area contributed by atoms with Gasteiger partial charge in [0.1, 0.15) is 0 Å². The van der Waals surface area contributed by atoms with Gasteiger partial charge in [0.05, 0.1) is 11.4 Å². The first kappa shape index (κ1) is 16.7. The first-order chi connectivity index (χ1) is 13.3. The van der Waals surface area contributed by atoms with Gasteiger partial charge >= 0.3 is 0 Å². The van der Waals surface area contributed by atoms with E-state index < -0.39 is 0 Å². The lowest BCUT2D eigenvalue weighted by molar-refractivity contribution is -0.105. The second-order valence-corrected chi connectivity index (χ2v) is 6.20. The minimum Gasteiger partial charge on any atom is -0.329 e. The Bertz CT molecular complexity index is 985. The van der Waals surface area contributed by atoms with E-state index in [4.69, 9.17) is 4.98 Å². The zero-order valence-electron chi connectivity index (χ0n) is 14.7. The summed E-state index contributed by atoms with van der Waals surface area (Å²) < 4.78 is 0. The number of amides is 1. The Balaban J connectivity index is 1.84. The highest BCUT2D eigenvalue weighted by atomic mass is 16.1. The third kappa shape index (κ3) is 3.77. The molecule has 0 bridgehead atoms. The van der Waals surface area contributed by atoms with Gasteiger partial charge in [0.15, 0.2) is 0 Å². The molecule has 1 amide bonds. The van der Waals surface area contributed by atoms with Crippen molar-refractivity contribution in [1.29, 1.82) is 0 Å². The molecule has 1 heterocycles. The van der Waals surface area contributed by atoms with Crippen LogP contribution in [0.4, 0.5) is 5.69 Å². The number of carbonyl (C=O) groups is 1. The standard InChI is InChI=1S/C24H18N2O/c27-17-25-22-13-11-18(12-14-22)21-15-23(19-7-3-1-4-8-19)26-24(16-21)20-9-5-2-6-10-20/h1-17H,(H,25,27). The molecule has 3 aromatic carbocycles. The maximum Gasteiger partial charge on any atom is 0.211 e. The first-order valence-corrected chi connectivity index (χ1v) is 8.77. The maximum absolute atomic E-state index is 10.6. The van der Waals surface area contributed by atoms with E-state index in [9.17, 15) is 4.79 Å². The molecule has 0 radical (unpaired) electrons. The Labute approximate surface area is 158 Å². The molecule has 0 aliphatic carbocycles. The van der Waals surface area contributed by atoms with Crippen molar-refractivity contribution in [1.82, 2.24) is 4.98 Å². The lowest BCUT2D eigenvalue weighted by atomic mass is 10.00. The van der Waals surface area contributed by atoms with Gasteiger partial charge in [-0.15, -0.1) is 0 Å². The summed E-state index contributed by atoms with van der Waals surface area (Å²) in [5, 5.41) is 2.67. The zero-order valence-corrected chi connectivity index (χ0v) is 14.7. The van der Waals surface area contributed by atoms with Gasteiger partial charge in [-0.05, 0) is 35.4 Å². The summed E-state index contributed by atoms with van der Waals surface area (Å²) in [5.74, 6) is 0. The van der Waals surface area contributed by atoms with E-state index in [0.29, 0.717) is 6.41 Å². The van der Waals surface area contributed by atoms with Gasteiger partial charge in [-0.3, -0.25) is 4.79 Å². The number of hydrogen-bond acceptors (Lipinski definition) is 2.